The Balaban J connectivity index is 1.60. The maximum atomic E-state index is 12.1. The molecule has 0 aliphatic carbocycles. The molecule has 2 aromatic carbocycles. The quantitative estimate of drug-likeness (QED) is 0.230. The summed E-state index contributed by atoms with van der Waals surface area (Å²) in [7, 11) is 0. The lowest BCUT2D eigenvalue weighted by atomic mass is 10.0. The van der Waals surface area contributed by atoms with Crippen molar-refractivity contribution in [3.63, 3.8) is 0 Å². The monoisotopic (exact) mass is 458 g/mol. The summed E-state index contributed by atoms with van der Waals surface area (Å²) in [5, 5.41) is 0. The number of hydrogen-bond acceptors (Lipinski definition) is 1. The van der Waals surface area contributed by atoms with Crippen molar-refractivity contribution in [1.29, 1.82) is 0 Å². The lowest BCUT2D eigenvalue weighted by Crippen LogP contribution is -2.11. The van der Waals surface area contributed by atoms with Crippen LogP contribution in [-0.2, 0) is 13.5 Å². The molecule has 0 saturated heterocycles. The van der Waals surface area contributed by atoms with Crippen molar-refractivity contribution in [2.24, 2.45) is 0 Å². The molecule has 0 N–H and O–H groups in total. The van der Waals surface area contributed by atoms with E-state index in [1.807, 2.05) is 60.7 Å². The molecule has 0 aliphatic rings. The minimum absolute atomic E-state index is 0.268. The van der Waals surface area contributed by atoms with Gasteiger partial charge in [0, 0.05) is 12.8 Å². The van der Waals surface area contributed by atoms with E-state index >= 15 is 0 Å². The number of benzene rings is 2. The summed E-state index contributed by atoms with van der Waals surface area (Å²) >= 11 is 25.7. The van der Waals surface area contributed by atoms with E-state index in [0.29, 0.717) is 25.7 Å². The Morgan fingerprint density at radius 2 is 0.964 bits per heavy atom. The van der Waals surface area contributed by atoms with Crippen LogP contribution in [0.25, 0.3) is 0 Å². The summed E-state index contributed by atoms with van der Waals surface area (Å²) < 4.78 is -1.79. The Bertz CT molecular complexity index is 652. The van der Waals surface area contributed by atoms with Crippen molar-refractivity contribution in [1.82, 2.24) is 0 Å². The number of unbranched alkanes of at least 4 members (excludes halogenated alkanes) is 2. The molecule has 0 bridgehead atoms. The predicted octanol–water partition coefficient (Wildman–Crippen LogP) is 8.34. The number of carbonyl (C=O) groups is 1. The summed E-state index contributed by atoms with van der Waals surface area (Å²) in [5.41, 5.74) is 1.79. The average molecular weight is 460 g/mol. The standard InChI is InChI=1S/C23H26Cl4O/c24-22(25,19-11-3-1-4-12-19)17-9-7-15-21(28)16-8-10-18-23(26,27)20-13-5-2-6-14-20/h1-6,11-14H,7-10,15-18H2. The highest BCUT2D eigenvalue weighted by Crippen LogP contribution is 2.39. The summed E-state index contributed by atoms with van der Waals surface area (Å²) in [6, 6.07) is 19.3. The van der Waals surface area contributed by atoms with Gasteiger partial charge in [0.1, 0.15) is 14.4 Å². The number of halogens is 4. The van der Waals surface area contributed by atoms with E-state index in [-0.39, 0.29) is 5.78 Å². The van der Waals surface area contributed by atoms with Crippen LogP contribution in [0.5, 0.6) is 0 Å². The van der Waals surface area contributed by atoms with Crippen molar-refractivity contribution in [3.05, 3.63) is 71.8 Å². The molecule has 0 spiro atoms. The van der Waals surface area contributed by atoms with Gasteiger partial charge < -0.3 is 0 Å². The summed E-state index contributed by atoms with van der Waals surface area (Å²) in [6.07, 6.45) is 5.60. The number of hydrogen-bond donors (Lipinski definition) is 0. The van der Waals surface area contributed by atoms with E-state index in [0.717, 1.165) is 36.8 Å². The summed E-state index contributed by atoms with van der Waals surface area (Å²) in [6.45, 7) is 0. The topological polar surface area (TPSA) is 17.1 Å². The lowest BCUT2D eigenvalue weighted by Gasteiger charge is -2.20. The third-order valence-electron chi connectivity index (χ3n) is 4.79. The van der Waals surface area contributed by atoms with Crippen LogP contribution in [0.15, 0.2) is 60.7 Å². The number of Topliss-reactive ketones (excluding diaryl/α,β-unsaturated/α-hetero) is 1. The van der Waals surface area contributed by atoms with Gasteiger partial charge in [-0.05, 0) is 49.7 Å². The lowest BCUT2D eigenvalue weighted by molar-refractivity contribution is -0.119. The molecule has 0 heterocycles. The van der Waals surface area contributed by atoms with Crippen LogP contribution in [0.1, 0.15) is 62.5 Å². The molecule has 0 amide bonds. The number of alkyl halides is 4. The van der Waals surface area contributed by atoms with Gasteiger partial charge in [-0.1, -0.05) is 107 Å². The second kappa shape index (κ2) is 11.5. The molecule has 2 rings (SSSR count). The molecule has 0 aromatic heterocycles. The number of rotatable bonds is 12. The van der Waals surface area contributed by atoms with Gasteiger partial charge in [-0.15, -0.1) is 0 Å². The van der Waals surface area contributed by atoms with Crippen LogP contribution in [0.2, 0.25) is 0 Å². The predicted molar refractivity (Wildman–Crippen MR) is 122 cm³/mol. The molecule has 0 saturated carbocycles. The zero-order valence-corrected chi connectivity index (χ0v) is 18.9. The van der Waals surface area contributed by atoms with Gasteiger partial charge in [-0.3, -0.25) is 4.79 Å². The van der Waals surface area contributed by atoms with E-state index in [1.54, 1.807) is 0 Å². The second-order valence-electron chi connectivity index (χ2n) is 7.09. The molecule has 28 heavy (non-hydrogen) atoms. The van der Waals surface area contributed by atoms with E-state index < -0.39 is 8.67 Å². The van der Waals surface area contributed by atoms with Crippen LogP contribution in [0.4, 0.5) is 0 Å². The van der Waals surface area contributed by atoms with Gasteiger partial charge in [-0.25, -0.2) is 0 Å². The van der Waals surface area contributed by atoms with Crippen molar-refractivity contribution in [2.45, 2.75) is 60.0 Å². The Morgan fingerprint density at radius 3 is 1.32 bits per heavy atom. The van der Waals surface area contributed by atoms with Gasteiger partial charge in [0.15, 0.2) is 0 Å². The van der Waals surface area contributed by atoms with Gasteiger partial charge in [-0.2, -0.15) is 0 Å². The van der Waals surface area contributed by atoms with Crippen molar-refractivity contribution in [2.75, 3.05) is 0 Å². The number of carbonyl (C=O) groups excluding carboxylic acids is 1. The SMILES string of the molecule is O=C(CCCCC(Cl)(Cl)c1ccccc1)CCCCC(Cl)(Cl)c1ccccc1. The van der Waals surface area contributed by atoms with Gasteiger partial charge in [0.2, 0.25) is 0 Å². The van der Waals surface area contributed by atoms with Gasteiger partial charge in [0.05, 0.1) is 0 Å². The Labute approximate surface area is 188 Å². The first kappa shape index (κ1) is 23.5. The fourth-order valence-corrected chi connectivity index (χ4v) is 4.15. The maximum Gasteiger partial charge on any atom is 0.143 e. The molecule has 0 fully saturated rings. The van der Waals surface area contributed by atoms with Crippen LogP contribution < -0.4 is 0 Å². The first-order valence-corrected chi connectivity index (χ1v) is 11.2. The zero-order valence-electron chi connectivity index (χ0n) is 15.9. The fourth-order valence-electron chi connectivity index (χ4n) is 3.12. The molecule has 152 valence electrons. The Kier molecular flexibility index (Phi) is 9.63. The number of ketones is 1. The largest absolute Gasteiger partial charge is 0.300 e. The van der Waals surface area contributed by atoms with Crippen LogP contribution in [0.3, 0.4) is 0 Å². The van der Waals surface area contributed by atoms with Crippen LogP contribution in [0, 0.1) is 0 Å². The molecule has 1 nitrogen and oxygen atoms in total. The van der Waals surface area contributed by atoms with E-state index in [2.05, 4.69) is 0 Å². The third kappa shape index (κ3) is 7.95. The molecule has 0 atom stereocenters. The highest BCUT2D eigenvalue weighted by atomic mass is 35.5. The van der Waals surface area contributed by atoms with Gasteiger partial charge >= 0.3 is 0 Å². The normalized spacial score (nSPS) is 12.1. The molecule has 5 heteroatoms. The highest BCUT2D eigenvalue weighted by Gasteiger charge is 2.26. The minimum Gasteiger partial charge on any atom is -0.300 e. The minimum atomic E-state index is -0.897. The van der Waals surface area contributed by atoms with Crippen molar-refractivity contribution in [3.8, 4) is 0 Å². The smallest absolute Gasteiger partial charge is 0.143 e. The maximum absolute atomic E-state index is 12.1. The highest BCUT2D eigenvalue weighted by molar-refractivity contribution is 6.48. The first-order chi connectivity index (χ1) is 13.3. The van der Waals surface area contributed by atoms with Crippen LogP contribution in [-0.4, -0.2) is 5.78 Å². The third-order valence-corrected chi connectivity index (χ3v) is 6.41. The van der Waals surface area contributed by atoms with E-state index in [1.165, 1.54) is 0 Å². The van der Waals surface area contributed by atoms with Gasteiger partial charge in [0.25, 0.3) is 0 Å². The molecular weight excluding hydrogens is 434 g/mol. The second-order valence-corrected chi connectivity index (χ2v) is 10.1. The average Bonchev–Trinajstić information content (AvgIpc) is 2.70. The molecule has 0 aliphatic heterocycles. The Hall–Kier alpha value is -0.730. The van der Waals surface area contributed by atoms with Crippen molar-refractivity contribution >= 4 is 52.2 Å². The molecule has 0 radical (unpaired) electrons. The van der Waals surface area contributed by atoms with Crippen molar-refractivity contribution < 1.29 is 4.79 Å². The fraction of sp³-hybridized carbons (Fsp3) is 0.435. The summed E-state index contributed by atoms with van der Waals surface area (Å²) in [4.78, 5) is 12.1. The molecule has 2 aromatic rings. The Morgan fingerprint density at radius 1 is 0.607 bits per heavy atom. The molecule has 0 unspecified atom stereocenters. The molecular formula is C23H26Cl4O. The van der Waals surface area contributed by atoms with Crippen LogP contribution >= 0.6 is 46.4 Å². The van der Waals surface area contributed by atoms with E-state index in [9.17, 15) is 4.79 Å². The summed E-state index contributed by atoms with van der Waals surface area (Å²) in [5.74, 6) is 0.268. The first-order valence-electron chi connectivity index (χ1n) is 9.70. The van der Waals surface area contributed by atoms with E-state index in [4.69, 9.17) is 46.4 Å². The zero-order chi connectivity index (χ0) is 20.5.